The highest BCUT2D eigenvalue weighted by Crippen LogP contribution is 2.24. The predicted molar refractivity (Wildman–Crippen MR) is 127 cm³/mol. The Morgan fingerprint density at radius 2 is 1.94 bits per heavy atom. The number of amides is 1. The van der Waals surface area contributed by atoms with Gasteiger partial charge in [-0.15, -0.1) is 0 Å². The van der Waals surface area contributed by atoms with Crippen LogP contribution in [0, 0.1) is 18.3 Å². The molecule has 0 bridgehead atoms. The standard InChI is InChI=1S/C27H26N4O2/c1-4-31(20(3)22-11-9-21(15-28)10-12-22)27(32)23-6-5-7-25(14-23)33-18-24-17-30-16-19(2)8-13-26(30)29-24/h5-14,16-17,20H,4,18H2,1-3H3. The summed E-state index contributed by atoms with van der Waals surface area (Å²) in [5.41, 5.74) is 5.01. The van der Waals surface area contributed by atoms with Crippen molar-refractivity contribution in [2.45, 2.75) is 33.4 Å². The van der Waals surface area contributed by atoms with Crippen LogP contribution in [0.15, 0.2) is 73.1 Å². The lowest BCUT2D eigenvalue weighted by Crippen LogP contribution is -2.33. The summed E-state index contributed by atoms with van der Waals surface area (Å²) in [5, 5.41) is 9.02. The molecule has 0 aliphatic rings. The number of carbonyl (C=O) groups is 1. The van der Waals surface area contributed by atoms with Crippen molar-refractivity contribution in [1.82, 2.24) is 14.3 Å². The first-order chi connectivity index (χ1) is 16.0. The van der Waals surface area contributed by atoms with Crippen molar-refractivity contribution in [1.29, 1.82) is 5.26 Å². The second-order valence-electron chi connectivity index (χ2n) is 8.02. The second-order valence-corrected chi connectivity index (χ2v) is 8.02. The Labute approximate surface area is 193 Å². The number of ether oxygens (including phenoxy) is 1. The molecule has 4 aromatic rings. The fraction of sp³-hybridized carbons (Fsp3) is 0.222. The van der Waals surface area contributed by atoms with Crippen molar-refractivity contribution < 1.29 is 9.53 Å². The molecule has 0 N–H and O–H groups in total. The average molecular weight is 439 g/mol. The lowest BCUT2D eigenvalue weighted by Gasteiger charge is -2.28. The molecule has 166 valence electrons. The third-order valence-electron chi connectivity index (χ3n) is 5.71. The van der Waals surface area contributed by atoms with E-state index in [1.807, 2.05) is 78.9 Å². The summed E-state index contributed by atoms with van der Waals surface area (Å²) < 4.78 is 7.93. The molecule has 0 fully saturated rings. The summed E-state index contributed by atoms with van der Waals surface area (Å²) in [5.74, 6) is 0.555. The number of aromatic nitrogens is 2. The zero-order valence-corrected chi connectivity index (χ0v) is 19.0. The van der Waals surface area contributed by atoms with E-state index in [4.69, 9.17) is 10.00 Å². The van der Waals surface area contributed by atoms with Gasteiger partial charge in [0.05, 0.1) is 23.4 Å². The molecule has 2 aromatic heterocycles. The maximum atomic E-state index is 13.3. The number of nitriles is 1. The first kappa shape index (κ1) is 22.1. The molecule has 0 aliphatic carbocycles. The van der Waals surface area contributed by atoms with Gasteiger partial charge in [-0.1, -0.05) is 24.3 Å². The van der Waals surface area contributed by atoms with Gasteiger partial charge in [0, 0.05) is 24.5 Å². The van der Waals surface area contributed by atoms with Crippen molar-refractivity contribution >= 4 is 11.6 Å². The Morgan fingerprint density at radius 3 is 2.67 bits per heavy atom. The summed E-state index contributed by atoms with van der Waals surface area (Å²) in [6.45, 7) is 6.88. The van der Waals surface area contributed by atoms with E-state index in [1.165, 1.54) is 0 Å². The minimum Gasteiger partial charge on any atom is -0.487 e. The maximum absolute atomic E-state index is 13.3. The summed E-state index contributed by atoms with van der Waals surface area (Å²) in [6.07, 6.45) is 3.98. The molecule has 6 heteroatoms. The number of imidazole rings is 1. The second kappa shape index (κ2) is 9.58. The van der Waals surface area contributed by atoms with Crippen LogP contribution in [-0.4, -0.2) is 26.7 Å². The number of hydrogen-bond acceptors (Lipinski definition) is 4. The van der Waals surface area contributed by atoms with Crippen molar-refractivity contribution in [3.63, 3.8) is 0 Å². The third kappa shape index (κ3) is 4.88. The molecule has 33 heavy (non-hydrogen) atoms. The molecule has 0 aliphatic heterocycles. The van der Waals surface area contributed by atoms with Crippen LogP contribution in [-0.2, 0) is 6.61 Å². The first-order valence-corrected chi connectivity index (χ1v) is 11.0. The summed E-state index contributed by atoms with van der Waals surface area (Å²) in [6, 6.07) is 20.6. The number of rotatable bonds is 7. The van der Waals surface area contributed by atoms with Crippen molar-refractivity contribution in [2.24, 2.45) is 0 Å². The lowest BCUT2D eigenvalue weighted by molar-refractivity contribution is 0.0702. The van der Waals surface area contributed by atoms with Crippen LogP contribution in [0.4, 0.5) is 0 Å². The van der Waals surface area contributed by atoms with Gasteiger partial charge < -0.3 is 14.0 Å². The molecule has 1 atom stereocenters. The molecule has 2 heterocycles. The zero-order chi connectivity index (χ0) is 23.4. The Hall–Kier alpha value is -4.11. The molecule has 1 amide bonds. The van der Waals surface area contributed by atoms with E-state index in [-0.39, 0.29) is 11.9 Å². The number of nitrogens with zero attached hydrogens (tertiary/aromatic N) is 4. The van der Waals surface area contributed by atoms with Gasteiger partial charge in [0.1, 0.15) is 18.0 Å². The number of fused-ring (bicyclic) bond motifs is 1. The lowest BCUT2D eigenvalue weighted by atomic mass is 10.0. The minimum absolute atomic E-state index is 0.0667. The quantitative estimate of drug-likeness (QED) is 0.392. The number of pyridine rings is 1. The molecule has 6 nitrogen and oxygen atoms in total. The van der Waals surface area contributed by atoms with Crippen molar-refractivity contribution in [3.8, 4) is 11.8 Å². The molecule has 1 unspecified atom stereocenters. The number of aryl methyl sites for hydroxylation is 1. The highest BCUT2D eigenvalue weighted by molar-refractivity contribution is 5.94. The van der Waals surface area contributed by atoms with E-state index in [0.717, 1.165) is 22.5 Å². The van der Waals surface area contributed by atoms with Crippen LogP contribution in [0.5, 0.6) is 5.75 Å². The predicted octanol–water partition coefficient (Wildman–Crippen LogP) is 5.32. The summed E-state index contributed by atoms with van der Waals surface area (Å²) in [4.78, 5) is 19.7. The number of benzene rings is 2. The van der Waals surface area contributed by atoms with Gasteiger partial charge in [-0.3, -0.25) is 4.79 Å². The Kier molecular flexibility index (Phi) is 6.41. The van der Waals surface area contributed by atoms with Crippen molar-refractivity contribution in [3.05, 3.63) is 101 Å². The van der Waals surface area contributed by atoms with Gasteiger partial charge in [-0.05, 0) is 68.3 Å². The van der Waals surface area contributed by atoms with Crippen LogP contribution < -0.4 is 4.74 Å². The highest BCUT2D eigenvalue weighted by Gasteiger charge is 2.21. The minimum atomic E-state index is -0.124. The van der Waals surface area contributed by atoms with Crippen molar-refractivity contribution in [2.75, 3.05) is 6.54 Å². The van der Waals surface area contributed by atoms with E-state index in [2.05, 4.69) is 11.1 Å². The SMILES string of the molecule is CCN(C(=O)c1cccc(OCc2cn3cc(C)ccc3n2)c1)C(C)c1ccc(C#N)cc1. The zero-order valence-electron chi connectivity index (χ0n) is 19.0. The number of hydrogen-bond donors (Lipinski definition) is 0. The van der Waals surface area contributed by atoms with Crippen LogP contribution in [0.25, 0.3) is 5.65 Å². The smallest absolute Gasteiger partial charge is 0.254 e. The topological polar surface area (TPSA) is 70.6 Å². The maximum Gasteiger partial charge on any atom is 0.254 e. The summed E-state index contributed by atoms with van der Waals surface area (Å²) in [7, 11) is 0. The van der Waals surface area contributed by atoms with Gasteiger partial charge in [0.15, 0.2) is 0 Å². The van der Waals surface area contributed by atoms with E-state index >= 15 is 0 Å². The van der Waals surface area contributed by atoms with Crippen LogP contribution in [0.2, 0.25) is 0 Å². The van der Waals surface area contributed by atoms with Gasteiger partial charge >= 0.3 is 0 Å². The fourth-order valence-corrected chi connectivity index (χ4v) is 3.88. The largest absolute Gasteiger partial charge is 0.487 e. The molecule has 0 saturated carbocycles. The van der Waals surface area contributed by atoms with Gasteiger partial charge in [-0.2, -0.15) is 5.26 Å². The van der Waals surface area contributed by atoms with Crippen LogP contribution in [0.3, 0.4) is 0 Å². The molecule has 0 saturated heterocycles. The van der Waals surface area contributed by atoms with Gasteiger partial charge in [-0.25, -0.2) is 4.98 Å². The van der Waals surface area contributed by atoms with E-state index in [0.29, 0.717) is 30.0 Å². The van der Waals surface area contributed by atoms with Crippen LogP contribution in [0.1, 0.15) is 52.6 Å². The van der Waals surface area contributed by atoms with E-state index in [9.17, 15) is 4.79 Å². The molecular formula is C27H26N4O2. The molecule has 0 radical (unpaired) electrons. The van der Waals surface area contributed by atoms with E-state index in [1.54, 1.807) is 24.3 Å². The molecular weight excluding hydrogens is 412 g/mol. The summed E-state index contributed by atoms with van der Waals surface area (Å²) >= 11 is 0. The number of carbonyl (C=O) groups excluding carboxylic acids is 1. The third-order valence-corrected chi connectivity index (χ3v) is 5.71. The Bertz CT molecular complexity index is 1320. The van der Waals surface area contributed by atoms with Crippen LogP contribution >= 0.6 is 0 Å². The first-order valence-electron chi connectivity index (χ1n) is 11.0. The van der Waals surface area contributed by atoms with Gasteiger partial charge in [0.25, 0.3) is 5.91 Å². The molecule has 4 rings (SSSR count). The normalized spacial score (nSPS) is 11.7. The average Bonchev–Trinajstić information content (AvgIpc) is 3.25. The van der Waals surface area contributed by atoms with Gasteiger partial charge in [0.2, 0.25) is 0 Å². The fourth-order valence-electron chi connectivity index (χ4n) is 3.88. The monoisotopic (exact) mass is 438 g/mol. The Balaban J connectivity index is 1.47. The molecule has 2 aromatic carbocycles. The van der Waals surface area contributed by atoms with E-state index < -0.39 is 0 Å². The highest BCUT2D eigenvalue weighted by atomic mass is 16.5. The molecule has 0 spiro atoms. The Morgan fingerprint density at radius 1 is 1.15 bits per heavy atom.